The normalized spacial score (nSPS) is 10.6. The lowest BCUT2D eigenvalue weighted by Gasteiger charge is -2.11. The number of hydrogen-bond acceptors (Lipinski definition) is 6. The van der Waals surface area contributed by atoms with Crippen LogP contribution in [-0.2, 0) is 9.59 Å². The van der Waals surface area contributed by atoms with Crippen LogP contribution in [-0.4, -0.2) is 25.6 Å². The van der Waals surface area contributed by atoms with Gasteiger partial charge in [0.2, 0.25) is 0 Å². The predicted octanol–water partition coefficient (Wildman–Crippen LogP) is 2.02. The smallest absolute Gasteiger partial charge is 0.266 e. The Balaban J connectivity index is 2.20. The molecule has 138 valence electrons. The summed E-state index contributed by atoms with van der Waals surface area (Å²) >= 11 is 5.79. The van der Waals surface area contributed by atoms with Crippen molar-refractivity contribution in [1.82, 2.24) is 0 Å². The maximum Gasteiger partial charge on any atom is 0.266 e. The molecule has 1 amide bonds. The van der Waals surface area contributed by atoms with Gasteiger partial charge in [0.25, 0.3) is 5.91 Å². The van der Waals surface area contributed by atoms with Gasteiger partial charge in [-0.3, -0.25) is 4.79 Å². The van der Waals surface area contributed by atoms with E-state index in [1.807, 2.05) is 6.07 Å². The maximum atomic E-state index is 12.3. The van der Waals surface area contributed by atoms with Gasteiger partial charge in [-0.25, -0.2) is 0 Å². The van der Waals surface area contributed by atoms with E-state index in [9.17, 15) is 20.0 Å². The topological polar surface area (TPSA) is 111 Å². The molecule has 1 N–H and O–H groups in total. The summed E-state index contributed by atoms with van der Waals surface area (Å²) in [6, 6.07) is 12.8. The first kappa shape index (κ1) is 19.8. The van der Waals surface area contributed by atoms with Crippen molar-refractivity contribution in [3.05, 3.63) is 58.6 Å². The zero-order chi connectivity index (χ0) is 19.8. The van der Waals surface area contributed by atoms with Crippen LogP contribution in [0.4, 0.5) is 5.69 Å². The van der Waals surface area contributed by atoms with E-state index in [0.717, 1.165) is 0 Å². The summed E-state index contributed by atoms with van der Waals surface area (Å²) in [6.45, 7) is -0.626. The number of carboxylic acid groups (broad SMARTS) is 1. The molecule has 0 saturated carbocycles. The Kier molecular flexibility index (Phi) is 6.80. The highest BCUT2D eigenvalue weighted by Crippen LogP contribution is 2.29. The number of carboxylic acids is 1. The van der Waals surface area contributed by atoms with Crippen molar-refractivity contribution in [2.24, 2.45) is 0 Å². The molecule has 0 aliphatic carbocycles. The molecule has 0 saturated heterocycles. The van der Waals surface area contributed by atoms with Crippen LogP contribution in [0.5, 0.6) is 11.5 Å². The summed E-state index contributed by atoms with van der Waals surface area (Å²) in [6.07, 6.45) is 1.37. The second-order valence-corrected chi connectivity index (χ2v) is 5.64. The summed E-state index contributed by atoms with van der Waals surface area (Å²) in [5.74, 6) is -1.51. The Hall–Kier alpha value is -3.50. The number of benzene rings is 2. The van der Waals surface area contributed by atoms with Crippen LogP contribution in [0, 0.1) is 11.3 Å². The molecule has 2 aromatic carbocycles. The number of nitriles is 1. The SMILES string of the molecule is COc1cc(/C=C(\C#N)C(=O)Nc2ccc(Cl)cc2)ccc1OCC(=O)[O-]. The van der Waals surface area contributed by atoms with Crippen LogP contribution >= 0.6 is 11.6 Å². The molecular formula is C19H14ClN2O5-. The van der Waals surface area contributed by atoms with E-state index in [4.69, 9.17) is 21.1 Å². The molecule has 0 spiro atoms. The number of halogens is 1. The standard InChI is InChI=1S/C19H15ClN2O5/c1-26-17-9-12(2-7-16(17)27-11-18(23)24)8-13(10-21)19(25)22-15-5-3-14(20)4-6-15/h2-9H,11H2,1H3,(H,22,25)(H,23,24)/p-1/b13-8+. The third kappa shape index (κ3) is 5.76. The molecule has 2 aromatic rings. The maximum absolute atomic E-state index is 12.3. The van der Waals surface area contributed by atoms with Crippen molar-refractivity contribution in [2.75, 3.05) is 19.0 Å². The zero-order valence-corrected chi connectivity index (χ0v) is 14.9. The Morgan fingerprint density at radius 1 is 1.22 bits per heavy atom. The number of amides is 1. The Labute approximate surface area is 160 Å². The molecule has 0 unspecified atom stereocenters. The van der Waals surface area contributed by atoms with Crippen LogP contribution in [0.2, 0.25) is 5.02 Å². The van der Waals surface area contributed by atoms with Gasteiger partial charge < -0.3 is 24.7 Å². The highest BCUT2D eigenvalue weighted by Gasteiger charge is 2.11. The number of rotatable bonds is 7. The molecule has 0 aliphatic rings. The van der Waals surface area contributed by atoms with E-state index in [1.54, 1.807) is 30.3 Å². The van der Waals surface area contributed by atoms with Gasteiger partial charge in [0.15, 0.2) is 11.5 Å². The minimum atomic E-state index is -1.37. The summed E-state index contributed by atoms with van der Waals surface area (Å²) in [5.41, 5.74) is 0.861. The molecule has 8 heteroatoms. The molecular weight excluding hydrogens is 372 g/mol. The first-order valence-corrected chi connectivity index (χ1v) is 8.00. The lowest BCUT2D eigenvalue weighted by Crippen LogP contribution is -2.29. The van der Waals surface area contributed by atoms with Gasteiger partial charge in [0.1, 0.15) is 18.2 Å². The molecule has 0 bridgehead atoms. The largest absolute Gasteiger partial charge is 0.546 e. The predicted molar refractivity (Wildman–Crippen MR) is 97.2 cm³/mol. The third-order valence-corrected chi connectivity index (χ3v) is 3.56. The van der Waals surface area contributed by atoms with E-state index in [-0.39, 0.29) is 17.1 Å². The summed E-state index contributed by atoms with van der Waals surface area (Å²) < 4.78 is 10.2. The zero-order valence-electron chi connectivity index (χ0n) is 14.2. The molecule has 27 heavy (non-hydrogen) atoms. The van der Waals surface area contributed by atoms with Crippen LogP contribution in [0.1, 0.15) is 5.56 Å². The van der Waals surface area contributed by atoms with E-state index in [2.05, 4.69) is 5.32 Å². The minimum absolute atomic E-state index is 0.129. The molecule has 0 heterocycles. The fourth-order valence-electron chi connectivity index (χ4n) is 2.08. The lowest BCUT2D eigenvalue weighted by molar-refractivity contribution is -0.307. The second kappa shape index (κ2) is 9.27. The van der Waals surface area contributed by atoms with Gasteiger partial charge in [-0.05, 0) is 48.0 Å². The molecule has 0 aromatic heterocycles. The molecule has 0 aliphatic heterocycles. The van der Waals surface area contributed by atoms with Gasteiger partial charge in [-0.15, -0.1) is 0 Å². The van der Waals surface area contributed by atoms with Crippen LogP contribution < -0.4 is 19.9 Å². The Morgan fingerprint density at radius 2 is 1.93 bits per heavy atom. The number of methoxy groups -OCH3 is 1. The summed E-state index contributed by atoms with van der Waals surface area (Å²) in [7, 11) is 1.38. The average molecular weight is 386 g/mol. The molecule has 2 rings (SSSR count). The van der Waals surface area contributed by atoms with Crippen molar-refractivity contribution in [1.29, 1.82) is 5.26 Å². The van der Waals surface area contributed by atoms with Crippen molar-refractivity contribution >= 4 is 35.2 Å². The van der Waals surface area contributed by atoms with Gasteiger partial charge in [0, 0.05) is 10.7 Å². The molecule has 7 nitrogen and oxygen atoms in total. The van der Waals surface area contributed by atoms with Gasteiger partial charge in [0.05, 0.1) is 13.1 Å². The molecule has 0 fully saturated rings. The quantitative estimate of drug-likeness (QED) is 0.576. The second-order valence-electron chi connectivity index (χ2n) is 5.20. The molecule has 0 radical (unpaired) electrons. The molecule has 0 atom stereocenters. The van der Waals surface area contributed by atoms with Crippen LogP contribution in [0.25, 0.3) is 6.08 Å². The van der Waals surface area contributed by atoms with E-state index >= 15 is 0 Å². The van der Waals surface area contributed by atoms with Gasteiger partial charge in [-0.2, -0.15) is 5.26 Å². The van der Waals surface area contributed by atoms with Crippen molar-refractivity contribution in [3.8, 4) is 17.6 Å². The minimum Gasteiger partial charge on any atom is -0.546 e. The van der Waals surface area contributed by atoms with Gasteiger partial charge in [-0.1, -0.05) is 17.7 Å². The number of nitrogens with zero attached hydrogens (tertiary/aromatic N) is 1. The first-order valence-electron chi connectivity index (χ1n) is 7.62. The van der Waals surface area contributed by atoms with E-state index in [0.29, 0.717) is 16.3 Å². The Bertz CT molecular complexity index is 917. The van der Waals surface area contributed by atoms with Crippen molar-refractivity contribution in [3.63, 3.8) is 0 Å². The highest BCUT2D eigenvalue weighted by atomic mass is 35.5. The highest BCUT2D eigenvalue weighted by molar-refractivity contribution is 6.30. The third-order valence-electron chi connectivity index (χ3n) is 3.31. The number of carbonyl (C=O) groups excluding carboxylic acids is 2. The summed E-state index contributed by atoms with van der Waals surface area (Å²) in [4.78, 5) is 22.8. The Morgan fingerprint density at radius 3 is 2.52 bits per heavy atom. The van der Waals surface area contributed by atoms with E-state index < -0.39 is 18.5 Å². The first-order chi connectivity index (χ1) is 12.9. The summed E-state index contributed by atoms with van der Waals surface area (Å²) in [5, 5.41) is 22.9. The number of hydrogen-bond donors (Lipinski definition) is 1. The number of ether oxygens (including phenoxy) is 2. The van der Waals surface area contributed by atoms with Crippen molar-refractivity contribution in [2.45, 2.75) is 0 Å². The number of nitrogens with one attached hydrogen (secondary N) is 1. The van der Waals surface area contributed by atoms with Crippen LogP contribution in [0.3, 0.4) is 0 Å². The van der Waals surface area contributed by atoms with Gasteiger partial charge >= 0.3 is 0 Å². The average Bonchev–Trinajstić information content (AvgIpc) is 2.66. The van der Waals surface area contributed by atoms with Crippen molar-refractivity contribution < 1.29 is 24.2 Å². The van der Waals surface area contributed by atoms with E-state index in [1.165, 1.54) is 25.3 Å². The number of aliphatic carboxylic acids is 1. The fourth-order valence-corrected chi connectivity index (χ4v) is 2.20. The number of carbonyl (C=O) groups is 2. The fraction of sp³-hybridized carbons (Fsp3) is 0.105. The van der Waals surface area contributed by atoms with Crippen LogP contribution in [0.15, 0.2) is 48.0 Å². The monoisotopic (exact) mass is 385 g/mol. The lowest BCUT2D eigenvalue weighted by atomic mass is 10.1. The number of anilines is 1.